The van der Waals surface area contributed by atoms with Crippen molar-refractivity contribution in [3.8, 4) is 11.3 Å². The first-order chi connectivity index (χ1) is 12.3. The normalized spacial score (nSPS) is 11.6. The number of pyridine rings is 1. The molecule has 0 aliphatic rings. The van der Waals surface area contributed by atoms with Gasteiger partial charge in [-0.1, -0.05) is 42.5 Å². The van der Waals surface area contributed by atoms with Gasteiger partial charge in [0.05, 0.1) is 17.8 Å². The summed E-state index contributed by atoms with van der Waals surface area (Å²) in [7, 11) is 0. The second kappa shape index (κ2) is 5.43. The Labute approximate surface area is 144 Å². The minimum atomic E-state index is 0.0469. The average Bonchev–Trinajstić information content (AvgIpc) is 3.05. The summed E-state index contributed by atoms with van der Waals surface area (Å²) in [5.41, 5.74) is 5.05. The quantitative estimate of drug-likeness (QED) is 0.478. The van der Waals surface area contributed by atoms with Crippen molar-refractivity contribution >= 4 is 32.6 Å². The van der Waals surface area contributed by atoms with Gasteiger partial charge in [0.15, 0.2) is 0 Å². The van der Waals surface area contributed by atoms with E-state index in [1.165, 1.54) is 10.8 Å². The van der Waals surface area contributed by atoms with Gasteiger partial charge in [0.1, 0.15) is 0 Å². The highest BCUT2D eigenvalue weighted by atomic mass is 16.3. The fraction of sp³-hybridized carbons (Fsp3) is 0.0455. The number of aromatic nitrogens is 2. The Hall–Kier alpha value is -3.17. The number of nitrogens with one attached hydrogen (secondary N) is 1. The van der Waals surface area contributed by atoms with Gasteiger partial charge in [-0.3, -0.25) is 4.98 Å². The Bertz CT molecular complexity index is 1240. The zero-order valence-corrected chi connectivity index (χ0v) is 13.5. The molecular formula is C22H16N2O. The van der Waals surface area contributed by atoms with Crippen LogP contribution in [0.15, 0.2) is 72.9 Å². The number of aliphatic hydroxyl groups excluding tert-OH is 1. The van der Waals surface area contributed by atoms with Crippen molar-refractivity contribution in [2.24, 2.45) is 0 Å². The lowest BCUT2D eigenvalue weighted by molar-refractivity contribution is 0.282. The lowest BCUT2D eigenvalue weighted by Crippen LogP contribution is -1.85. The summed E-state index contributed by atoms with van der Waals surface area (Å²) in [6.07, 6.45) is 1.85. The Morgan fingerprint density at radius 1 is 0.840 bits per heavy atom. The maximum Gasteiger partial charge on any atom is 0.0943 e. The molecule has 3 heteroatoms. The zero-order valence-electron chi connectivity index (χ0n) is 13.5. The van der Waals surface area contributed by atoms with Crippen LogP contribution >= 0.6 is 0 Å². The van der Waals surface area contributed by atoms with E-state index in [0.717, 1.165) is 38.6 Å². The number of hydrogen-bond donors (Lipinski definition) is 2. The third-order valence-corrected chi connectivity index (χ3v) is 4.79. The van der Waals surface area contributed by atoms with E-state index >= 15 is 0 Å². The Morgan fingerprint density at radius 3 is 2.60 bits per heavy atom. The molecule has 2 heterocycles. The van der Waals surface area contributed by atoms with Crippen molar-refractivity contribution in [3.63, 3.8) is 0 Å². The lowest BCUT2D eigenvalue weighted by atomic mass is 10.0. The van der Waals surface area contributed by atoms with E-state index in [1.807, 2.05) is 30.5 Å². The molecule has 0 bridgehead atoms. The summed E-state index contributed by atoms with van der Waals surface area (Å²) in [4.78, 5) is 8.14. The third kappa shape index (κ3) is 2.21. The summed E-state index contributed by atoms with van der Waals surface area (Å²) in [5.74, 6) is 0. The maximum atomic E-state index is 9.42. The topological polar surface area (TPSA) is 48.9 Å². The lowest BCUT2D eigenvalue weighted by Gasteiger charge is -2.05. The minimum Gasteiger partial charge on any atom is -0.392 e. The molecule has 2 N–H and O–H groups in total. The maximum absolute atomic E-state index is 9.42. The molecule has 5 aromatic rings. The molecule has 0 fully saturated rings. The molecule has 0 aliphatic carbocycles. The van der Waals surface area contributed by atoms with Crippen LogP contribution in [0.5, 0.6) is 0 Å². The Morgan fingerprint density at radius 2 is 1.72 bits per heavy atom. The van der Waals surface area contributed by atoms with Crippen molar-refractivity contribution in [2.75, 3.05) is 0 Å². The summed E-state index contributed by atoms with van der Waals surface area (Å²) in [6, 6.07) is 22.8. The summed E-state index contributed by atoms with van der Waals surface area (Å²) >= 11 is 0. The summed E-state index contributed by atoms with van der Waals surface area (Å²) in [6.45, 7) is 0.0469. The molecule has 120 valence electrons. The minimum absolute atomic E-state index is 0.0469. The average molecular weight is 324 g/mol. The van der Waals surface area contributed by atoms with Gasteiger partial charge in [0.2, 0.25) is 0 Å². The van der Waals surface area contributed by atoms with Gasteiger partial charge in [-0.25, -0.2) is 0 Å². The first kappa shape index (κ1) is 14.2. The van der Waals surface area contributed by atoms with Gasteiger partial charge in [0, 0.05) is 28.0 Å². The first-order valence-corrected chi connectivity index (χ1v) is 8.33. The van der Waals surface area contributed by atoms with Crippen molar-refractivity contribution in [3.05, 3.63) is 78.5 Å². The van der Waals surface area contributed by atoms with E-state index in [0.29, 0.717) is 0 Å². The second-order valence-electron chi connectivity index (χ2n) is 6.31. The van der Waals surface area contributed by atoms with E-state index in [4.69, 9.17) is 0 Å². The predicted octanol–water partition coefficient (Wildman–Crippen LogP) is 5.03. The molecule has 3 nitrogen and oxygen atoms in total. The van der Waals surface area contributed by atoms with Crippen LogP contribution in [0.4, 0.5) is 0 Å². The Kier molecular flexibility index (Phi) is 3.08. The van der Waals surface area contributed by atoms with Crippen LogP contribution in [0.25, 0.3) is 43.8 Å². The summed E-state index contributed by atoms with van der Waals surface area (Å²) < 4.78 is 0. The number of fused-ring (bicyclic) bond motifs is 4. The molecule has 0 unspecified atom stereocenters. The molecule has 0 aliphatic heterocycles. The van der Waals surface area contributed by atoms with Gasteiger partial charge in [0.25, 0.3) is 0 Å². The van der Waals surface area contributed by atoms with Gasteiger partial charge in [-0.05, 0) is 40.6 Å². The van der Waals surface area contributed by atoms with Crippen molar-refractivity contribution < 1.29 is 5.11 Å². The van der Waals surface area contributed by atoms with Gasteiger partial charge in [-0.2, -0.15) is 0 Å². The van der Waals surface area contributed by atoms with E-state index < -0.39 is 0 Å². The van der Waals surface area contributed by atoms with Crippen LogP contribution in [0.3, 0.4) is 0 Å². The van der Waals surface area contributed by atoms with Gasteiger partial charge in [-0.15, -0.1) is 0 Å². The van der Waals surface area contributed by atoms with E-state index in [2.05, 4.69) is 52.4 Å². The van der Waals surface area contributed by atoms with Gasteiger partial charge >= 0.3 is 0 Å². The molecule has 0 amide bonds. The predicted molar refractivity (Wildman–Crippen MR) is 102 cm³/mol. The first-order valence-electron chi connectivity index (χ1n) is 8.33. The standard InChI is InChI=1S/C22H16N2O/c25-13-14-5-8-20-19(11-14)18-9-10-23-21(22(18)24-20)17-7-6-15-3-1-2-4-16(15)12-17/h1-12,24-25H,13H2. The van der Waals surface area contributed by atoms with Crippen LogP contribution in [-0.4, -0.2) is 15.1 Å². The number of H-pyrrole nitrogens is 1. The summed E-state index contributed by atoms with van der Waals surface area (Å²) in [5, 5.41) is 14.1. The van der Waals surface area contributed by atoms with Crippen LogP contribution in [0.2, 0.25) is 0 Å². The van der Waals surface area contributed by atoms with Crippen molar-refractivity contribution in [1.82, 2.24) is 9.97 Å². The van der Waals surface area contributed by atoms with Crippen LogP contribution in [-0.2, 0) is 6.61 Å². The Balaban J connectivity index is 1.80. The molecule has 2 aromatic heterocycles. The highest BCUT2D eigenvalue weighted by Gasteiger charge is 2.11. The van der Waals surface area contributed by atoms with E-state index in [1.54, 1.807) is 0 Å². The fourth-order valence-electron chi connectivity index (χ4n) is 3.52. The molecule has 0 saturated heterocycles. The largest absolute Gasteiger partial charge is 0.392 e. The van der Waals surface area contributed by atoms with Crippen LogP contribution in [0.1, 0.15) is 5.56 Å². The van der Waals surface area contributed by atoms with Crippen LogP contribution < -0.4 is 0 Å². The van der Waals surface area contributed by atoms with Crippen molar-refractivity contribution in [1.29, 1.82) is 0 Å². The molecule has 0 spiro atoms. The van der Waals surface area contributed by atoms with Crippen molar-refractivity contribution in [2.45, 2.75) is 6.61 Å². The number of aromatic amines is 1. The van der Waals surface area contributed by atoms with Crippen LogP contribution in [0, 0.1) is 0 Å². The molecule has 3 aromatic carbocycles. The second-order valence-corrected chi connectivity index (χ2v) is 6.31. The molecule has 0 atom stereocenters. The molecule has 0 radical (unpaired) electrons. The molecule has 5 rings (SSSR count). The fourth-order valence-corrected chi connectivity index (χ4v) is 3.52. The highest BCUT2D eigenvalue weighted by molar-refractivity contribution is 6.11. The third-order valence-electron chi connectivity index (χ3n) is 4.79. The number of aliphatic hydroxyl groups is 1. The van der Waals surface area contributed by atoms with E-state index in [-0.39, 0.29) is 6.61 Å². The monoisotopic (exact) mass is 324 g/mol. The number of nitrogens with zero attached hydrogens (tertiary/aromatic N) is 1. The van der Waals surface area contributed by atoms with E-state index in [9.17, 15) is 5.11 Å². The molecular weight excluding hydrogens is 308 g/mol. The SMILES string of the molecule is OCc1ccc2[nH]c3c(-c4ccc5ccccc5c4)nccc3c2c1. The zero-order chi connectivity index (χ0) is 16.8. The molecule has 0 saturated carbocycles. The molecule has 25 heavy (non-hydrogen) atoms. The number of rotatable bonds is 2. The van der Waals surface area contributed by atoms with Gasteiger partial charge < -0.3 is 10.1 Å². The smallest absolute Gasteiger partial charge is 0.0943 e. The number of benzene rings is 3. The number of hydrogen-bond acceptors (Lipinski definition) is 2. The highest BCUT2D eigenvalue weighted by Crippen LogP contribution is 2.33.